The first-order valence-electron chi connectivity index (χ1n) is 9.13. The van der Waals surface area contributed by atoms with Crippen molar-refractivity contribution < 1.29 is 0 Å². The van der Waals surface area contributed by atoms with Crippen molar-refractivity contribution >= 4 is 11.3 Å². The molecule has 1 aliphatic rings. The first-order valence-corrected chi connectivity index (χ1v) is 10.0. The lowest BCUT2D eigenvalue weighted by Gasteiger charge is -2.34. The van der Waals surface area contributed by atoms with E-state index in [4.69, 9.17) is 0 Å². The Labute approximate surface area is 157 Å². The molecule has 0 aliphatic carbocycles. The van der Waals surface area contributed by atoms with E-state index < -0.39 is 0 Å². The molecule has 0 unspecified atom stereocenters. The van der Waals surface area contributed by atoms with Crippen LogP contribution < -0.4 is 5.56 Å². The summed E-state index contributed by atoms with van der Waals surface area (Å²) in [5, 5.41) is 3.21. The highest BCUT2D eigenvalue weighted by atomic mass is 32.1. The Morgan fingerprint density at radius 3 is 2.77 bits per heavy atom. The molecular formula is C20H24N4OS. The molecule has 0 saturated carbocycles. The van der Waals surface area contributed by atoms with Crippen LogP contribution in [0.2, 0.25) is 0 Å². The van der Waals surface area contributed by atoms with Crippen molar-refractivity contribution in [1.82, 2.24) is 19.2 Å². The van der Waals surface area contributed by atoms with Gasteiger partial charge >= 0.3 is 0 Å². The van der Waals surface area contributed by atoms with Crippen LogP contribution in [0.4, 0.5) is 0 Å². The summed E-state index contributed by atoms with van der Waals surface area (Å²) < 4.78 is 3.74. The van der Waals surface area contributed by atoms with E-state index in [-0.39, 0.29) is 5.56 Å². The molecule has 0 N–H and O–H groups in total. The molecule has 1 saturated heterocycles. The van der Waals surface area contributed by atoms with E-state index in [2.05, 4.69) is 9.88 Å². The first-order chi connectivity index (χ1) is 12.7. The Bertz CT molecular complexity index is 927. The topological polar surface area (TPSA) is 43.1 Å². The second-order valence-electron chi connectivity index (χ2n) is 6.89. The lowest BCUT2D eigenvalue weighted by Crippen LogP contribution is -2.34. The van der Waals surface area contributed by atoms with Crippen molar-refractivity contribution in [3.05, 3.63) is 68.5 Å². The van der Waals surface area contributed by atoms with Gasteiger partial charge in [0.05, 0.1) is 17.3 Å². The van der Waals surface area contributed by atoms with Gasteiger partial charge in [-0.15, -0.1) is 11.3 Å². The summed E-state index contributed by atoms with van der Waals surface area (Å²) in [6.07, 6.45) is 5.40. The molecule has 1 aromatic carbocycles. The van der Waals surface area contributed by atoms with Gasteiger partial charge in [0.15, 0.2) is 0 Å². The highest BCUT2D eigenvalue weighted by Crippen LogP contribution is 2.33. The number of para-hydroxylation sites is 1. The van der Waals surface area contributed by atoms with Gasteiger partial charge in [-0.3, -0.25) is 14.4 Å². The second kappa shape index (κ2) is 7.21. The minimum Gasteiger partial charge on any atom is -0.289 e. The maximum Gasteiger partial charge on any atom is 0.276 e. The molecule has 4 rings (SSSR count). The lowest BCUT2D eigenvalue weighted by atomic mass is 10.0. The largest absolute Gasteiger partial charge is 0.289 e. The van der Waals surface area contributed by atoms with Crippen LogP contribution in [-0.4, -0.2) is 25.8 Å². The predicted molar refractivity (Wildman–Crippen MR) is 105 cm³/mol. The molecule has 2 aromatic heterocycles. The Balaban J connectivity index is 1.69. The fourth-order valence-corrected chi connectivity index (χ4v) is 4.67. The Morgan fingerprint density at radius 1 is 1.23 bits per heavy atom. The minimum atomic E-state index is 0.0830. The maximum atomic E-state index is 13.2. The highest BCUT2D eigenvalue weighted by Gasteiger charge is 2.28. The van der Waals surface area contributed by atoms with Gasteiger partial charge in [0.2, 0.25) is 0 Å². The standard InChI is InChI=1S/C20H24N4OS/c1-15-17(20(25)24(22(15)2)16-8-4-3-5-9-16)14-23-12-7-6-10-18(23)19-21-11-13-26-19/h3-5,8-9,11,13,18H,6-7,10,12,14H2,1-2H3/t18-/m0/s1. The Morgan fingerprint density at radius 2 is 2.04 bits per heavy atom. The average molecular weight is 369 g/mol. The molecule has 0 bridgehead atoms. The zero-order valence-electron chi connectivity index (χ0n) is 15.3. The predicted octanol–water partition coefficient (Wildman–Crippen LogP) is 3.67. The van der Waals surface area contributed by atoms with Gasteiger partial charge in [-0.25, -0.2) is 9.67 Å². The summed E-state index contributed by atoms with van der Waals surface area (Å²) in [6.45, 7) is 3.74. The molecule has 26 heavy (non-hydrogen) atoms. The molecular weight excluding hydrogens is 344 g/mol. The average Bonchev–Trinajstić information content (AvgIpc) is 3.27. The molecule has 0 amide bonds. The fourth-order valence-electron chi connectivity index (χ4n) is 3.87. The zero-order valence-corrected chi connectivity index (χ0v) is 16.1. The van der Waals surface area contributed by atoms with Crippen molar-refractivity contribution in [1.29, 1.82) is 0 Å². The summed E-state index contributed by atoms with van der Waals surface area (Å²) >= 11 is 1.72. The summed E-state index contributed by atoms with van der Waals surface area (Å²) in [5.41, 5.74) is 2.91. The van der Waals surface area contributed by atoms with Gasteiger partial charge in [-0.05, 0) is 38.4 Å². The smallest absolute Gasteiger partial charge is 0.276 e. The van der Waals surface area contributed by atoms with E-state index in [0.717, 1.165) is 29.9 Å². The number of nitrogens with zero attached hydrogens (tertiary/aromatic N) is 4. The molecule has 5 nitrogen and oxygen atoms in total. The number of rotatable bonds is 4. The normalized spacial score (nSPS) is 18.3. The van der Waals surface area contributed by atoms with Crippen LogP contribution in [-0.2, 0) is 13.6 Å². The first kappa shape index (κ1) is 17.2. The Hall–Kier alpha value is -2.18. The van der Waals surface area contributed by atoms with Gasteiger partial charge in [0.25, 0.3) is 5.56 Å². The van der Waals surface area contributed by atoms with E-state index in [1.165, 1.54) is 17.8 Å². The second-order valence-corrected chi connectivity index (χ2v) is 7.82. The monoisotopic (exact) mass is 368 g/mol. The fraction of sp³-hybridized carbons (Fsp3) is 0.400. The number of likely N-dealkylation sites (tertiary alicyclic amines) is 1. The number of thiazole rings is 1. The quantitative estimate of drug-likeness (QED) is 0.706. The van der Waals surface area contributed by atoms with Crippen LogP contribution in [0, 0.1) is 6.92 Å². The SMILES string of the molecule is Cc1c(CN2CCCC[C@H]2c2nccs2)c(=O)n(-c2ccccc2)n1C. The van der Waals surface area contributed by atoms with Crippen LogP contribution in [0.1, 0.15) is 41.6 Å². The molecule has 0 radical (unpaired) electrons. The van der Waals surface area contributed by atoms with Crippen molar-refractivity contribution in [2.45, 2.75) is 38.8 Å². The van der Waals surface area contributed by atoms with E-state index >= 15 is 0 Å². The van der Waals surface area contributed by atoms with E-state index in [1.54, 1.807) is 16.0 Å². The van der Waals surface area contributed by atoms with E-state index in [9.17, 15) is 4.79 Å². The van der Waals surface area contributed by atoms with Gasteiger partial charge in [0.1, 0.15) is 5.01 Å². The molecule has 3 aromatic rings. The molecule has 136 valence electrons. The molecule has 3 heterocycles. The van der Waals surface area contributed by atoms with Crippen LogP contribution >= 0.6 is 11.3 Å². The summed E-state index contributed by atoms with van der Waals surface area (Å²) in [6, 6.07) is 10.2. The highest BCUT2D eigenvalue weighted by molar-refractivity contribution is 7.09. The third kappa shape index (κ3) is 3.04. The molecule has 1 atom stereocenters. The third-order valence-electron chi connectivity index (χ3n) is 5.38. The number of benzene rings is 1. The van der Waals surface area contributed by atoms with Crippen molar-refractivity contribution in [3.8, 4) is 5.69 Å². The zero-order chi connectivity index (χ0) is 18.1. The van der Waals surface area contributed by atoms with E-state index in [0.29, 0.717) is 12.6 Å². The van der Waals surface area contributed by atoms with Crippen LogP contribution in [0.5, 0.6) is 0 Å². The summed E-state index contributed by atoms with van der Waals surface area (Å²) in [4.78, 5) is 20.1. The van der Waals surface area contributed by atoms with Crippen LogP contribution in [0.3, 0.4) is 0 Å². The number of aromatic nitrogens is 3. The Kier molecular flexibility index (Phi) is 4.78. The number of hydrogen-bond acceptors (Lipinski definition) is 4. The molecule has 1 fully saturated rings. The van der Waals surface area contributed by atoms with Gasteiger partial charge in [0, 0.05) is 30.9 Å². The minimum absolute atomic E-state index is 0.0830. The third-order valence-corrected chi connectivity index (χ3v) is 6.26. The van der Waals surface area contributed by atoms with Crippen LogP contribution in [0.25, 0.3) is 5.69 Å². The van der Waals surface area contributed by atoms with Crippen LogP contribution in [0.15, 0.2) is 46.7 Å². The van der Waals surface area contributed by atoms with Crippen molar-refractivity contribution in [3.63, 3.8) is 0 Å². The number of hydrogen-bond donors (Lipinski definition) is 0. The van der Waals surface area contributed by atoms with Gasteiger partial charge in [-0.1, -0.05) is 24.6 Å². The van der Waals surface area contributed by atoms with Crippen molar-refractivity contribution in [2.75, 3.05) is 6.54 Å². The van der Waals surface area contributed by atoms with Gasteiger partial charge in [-0.2, -0.15) is 0 Å². The summed E-state index contributed by atoms with van der Waals surface area (Å²) in [5.74, 6) is 0. The van der Waals surface area contributed by atoms with Gasteiger partial charge < -0.3 is 0 Å². The summed E-state index contributed by atoms with van der Waals surface area (Å²) in [7, 11) is 1.96. The van der Waals surface area contributed by atoms with E-state index in [1.807, 2.05) is 60.6 Å². The lowest BCUT2D eigenvalue weighted by molar-refractivity contribution is 0.139. The molecule has 6 heteroatoms. The maximum absolute atomic E-state index is 13.2. The molecule has 1 aliphatic heterocycles. The van der Waals surface area contributed by atoms with Crippen molar-refractivity contribution in [2.24, 2.45) is 7.05 Å². The molecule has 0 spiro atoms. The number of piperidine rings is 1.